The number of aryl methyl sites for hydroxylation is 2. The first-order chi connectivity index (χ1) is 11.6. The van der Waals surface area contributed by atoms with E-state index in [2.05, 4.69) is 20.7 Å². The summed E-state index contributed by atoms with van der Waals surface area (Å²) in [5.74, 6) is 0. The van der Waals surface area contributed by atoms with Crippen molar-refractivity contribution in [2.75, 3.05) is 11.9 Å². The van der Waals surface area contributed by atoms with Gasteiger partial charge in [0.2, 0.25) is 0 Å². The molecule has 2 aromatic heterocycles. The van der Waals surface area contributed by atoms with Crippen molar-refractivity contribution in [2.24, 2.45) is 7.05 Å². The molecule has 3 N–H and O–H groups in total. The summed E-state index contributed by atoms with van der Waals surface area (Å²) in [6.07, 6.45) is 1.58. The Bertz CT molecular complexity index is 860. The molecule has 124 valence electrons. The van der Waals surface area contributed by atoms with E-state index in [4.69, 9.17) is 0 Å². The largest absolute Gasteiger partial charge is 0.394 e. The summed E-state index contributed by atoms with van der Waals surface area (Å²) >= 11 is 0. The van der Waals surface area contributed by atoms with Gasteiger partial charge in [-0.1, -0.05) is 30.3 Å². The number of amides is 2. The molecule has 0 aliphatic carbocycles. The van der Waals surface area contributed by atoms with Crippen molar-refractivity contribution < 1.29 is 9.90 Å². The standard InChI is InChI=1S/C17H19N5O2/c1-11-14-8-13(9-18-16(14)22(2)21-11)19-17(24)20-15(10-23)12-6-4-3-5-7-12/h3-9,15,23H,10H2,1-2H3,(H2,19,20,24). The van der Waals surface area contributed by atoms with Crippen molar-refractivity contribution in [3.63, 3.8) is 0 Å². The molecule has 1 unspecified atom stereocenters. The first-order valence-corrected chi connectivity index (χ1v) is 7.61. The number of hydrogen-bond donors (Lipinski definition) is 3. The van der Waals surface area contributed by atoms with Crippen LogP contribution in [-0.4, -0.2) is 32.5 Å². The fourth-order valence-electron chi connectivity index (χ4n) is 2.62. The Morgan fingerprint density at radius 2 is 2.08 bits per heavy atom. The summed E-state index contributed by atoms with van der Waals surface area (Å²) in [6.45, 7) is 1.71. The Morgan fingerprint density at radius 1 is 1.33 bits per heavy atom. The zero-order valence-electron chi connectivity index (χ0n) is 13.5. The average molecular weight is 325 g/mol. The number of rotatable bonds is 4. The molecule has 0 saturated heterocycles. The summed E-state index contributed by atoms with van der Waals surface area (Å²) in [5.41, 5.74) is 3.02. The minimum Gasteiger partial charge on any atom is -0.394 e. The summed E-state index contributed by atoms with van der Waals surface area (Å²) in [4.78, 5) is 16.5. The van der Waals surface area contributed by atoms with E-state index in [0.717, 1.165) is 22.3 Å². The number of benzene rings is 1. The lowest BCUT2D eigenvalue weighted by molar-refractivity contribution is 0.225. The number of carbonyl (C=O) groups is 1. The molecular formula is C17H19N5O2. The Balaban J connectivity index is 1.73. The summed E-state index contributed by atoms with van der Waals surface area (Å²) in [5, 5.41) is 20.2. The number of fused-ring (bicyclic) bond motifs is 1. The van der Waals surface area contributed by atoms with Crippen molar-refractivity contribution in [2.45, 2.75) is 13.0 Å². The molecule has 7 nitrogen and oxygen atoms in total. The number of carbonyl (C=O) groups excluding carboxylic acids is 1. The van der Waals surface area contributed by atoms with E-state index >= 15 is 0 Å². The van der Waals surface area contributed by atoms with Crippen molar-refractivity contribution in [3.05, 3.63) is 53.9 Å². The quantitative estimate of drug-likeness (QED) is 0.685. The monoisotopic (exact) mass is 325 g/mol. The molecule has 0 aliphatic rings. The van der Waals surface area contributed by atoms with Crippen molar-refractivity contribution in [1.29, 1.82) is 0 Å². The van der Waals surface area contributed by atoms with Gasteiger partial charge in [0.25, 0.3) is 0 Å². The molecule has 7 heteroatoms. The first-order valence-electron chi connectivity index (χ1n) is 7.61. The molecule has 1 atom stereocenters. The number of anilines is 1. The van der Waals surface area contributed by atoms with Gasteiger partial charge in [0.15, 0.2) is 5.65 Å². The molecule has 0 radical (unpaired) electrons. The molecule has 0 aliphatic heterocycles. The zero-order valence-corrected chi connectivity index (χ0v) is 13.5. The van der Waals surface area contributed by atoms with Crippen LogP contribution in [0.3, 0.4) is 0 Å². The van der Waals surface area contributed by atoms with Crippen LogP contribution in [-0.2, 0) is 7.05 Å². The second-order valence-electron chi connectivity index (χ2n) is 5.55. The maximum absolute atomic E-state index is 12.2. The van der Waals surface area contributed by atoms with Gasteiger partial charge in [0.05, 0.1) is 30.2 Å². The molecule has 0 spiro atoms. The van der Waals surface area contributed by atoms with E-state index in [-0.39, 0.29) is 6.61 Å². The predicted molar refractivity (Wildman–Crippen MR) is 91.7 cm³/mol. The van der Waals surface area contributed by atoms with Gasteiger partial charge in [-0.15, -0.1) is 0 Å². The Morgan fingerprint density at radius 3 is 2.79 bits per heavy atom. The second kappa shape index (κ2) is 6.67. The van der Waals surface area contributed by atoms with E-state index in [1.54, 1.807) is 10.9 Å². The molecule has 1 aromatic carbocycles. The van der Waals surface area contributed by atoms with Gasteiger partial charge in [-0.3, -0.25) is 4.68 Å². The number of nitrogens with one attached hydrogen (secondary N) is 2. The van der Waals surface area contributed by atoms with Gasteiger partial charge >= 0.3 is 6.03 Å². The van der Waals surface area contributed by atoms with Crippen LogP contribution in [0.1, 0.15) is 17.3 Å². The molecule has 3 aromatic rings. The van der Waals surface area contributed by atoms with Crippen molar-refractivity contribution in [1.82, 2.24) is 20.1 Å². The molecule has 0 fully saturated rings. The first kappa shape index (κ1) is 15.9. The van der Waals surface area contributed by atoms with Gasteiger partial charge in [-0.2, -0.15) is 5.10 Å². The summed E-state index contributed by atoms with van der Waals surface area (Å²) < 4.78 is 1.70. The number of pyridine rings is 1. The highest BCUT2D eigenvalue weighted by molar-refractivity contribution is 5.92. The number of aromatic nitrogens is 3. The van der Waals surface area contributed by atoms with Gasteiger partial charge in [0, 0.05) is 12.4 Å². The van der Waals surface area contributed by atoms with Crippen LogP contribution in [0.2, 0.25) is 0 Å². The number of aliphatic hydroxyl groups excluding tert-OH is 1. The zero-order chi connectivity index (χ0) is 17.1. The van der Waals surface area contributed by atoms with E-state index in [0.29, 0.717) is 5.69 Å². The molecule has 3 rings (SSSR count). The second-order valence-corrected chi connectivity index (χ2v) is 5.55. The van der Waals surface area contributed by atoms with Gasteiger partial charge in [-0.25, -0.2) is 9.78 Å². The number of hydrogen-bond acceptors (Lipinski definition) is 4. The fourth-order valence-corrected chi connectivity index (χ4v) is 2.62. The Labute approximate surface area is 139 Å². The summed E-state index contributed by atoms with van der Waals surface area (Å²) in [6, 6.07) is 10.3. The van der Waals surface area contributed by atoms with E-state index < -0.39 is 12.1 Å². The predicted octanol–water partition coefficient (Wildman–Crippen LogP) is 2.13. The lowest BCUT2D eigenvalue weighted by Gasteiger charge is -2.17. The van der Waals surface area contributed by atoms with Crippen LogP contribution < -0.4 is 10.6 Å². The van der Waals surface area contributed by atoms with Crippen LogP contribution in [0.5, 0.6) is 0 Å². The molecular weight excluding hydrogens is 306 g/mol. The minimum atomic E-state index is -0.469. The van der Waals surface area contributed by atoms with Crippen LogP contribution in [0.25, 0.3) is 11.0 Å². The highest BCUT2D eigenvalue weighted by Crippen LogP contribution is 2.19. The van der Waals surface area contributed by atoms with Gasteiger partial charge in [0.1, 0.15) is 0 Å². The molecule has 2 heterocycles. The SMILES string of the molecule is Cc1nn(C)c2ncc(NC(=O)NC(CO)c3ccccc3)cc12. The maximum Gasteiger partial charge on any atom is 0.319 e. The van der Waals surface area contributed by atoms with Crippen molar-refractivity contribution in [3.8, 4) is 0 Å². The van der Waals surface area contributed by atoms with Crippen molar-refractivity contribution >= 4 is 22.8 Å². The lowest BCUT2D eigenvalue weighted by atomic mass is 10.1. The van der Waals surface area contributed by atoms with Crippen LogP contribution in [0.15, 0.2) is 42.6 Å². The third-order valence-electron chi connectivity index (χ3n) is 3.81. The number of nitrogens with zero attached hydrogens (tertiary/aromatic N) is 3. The average Bonchev–Trinajstić information content (AvgIpc) is 2.87. The van der Waals surface area contributed by atoms with E-state index in [9.17, 15) is 9.90 Å². The molecule has 24 heavy (non-hydrogen) atoms. The topological polar surface area (TPSA) is 92.1 Å². The van der Waals surface area contributed by atoms with E-state index in [1.807, 2.05) is 50.4 Å². The third-order valence-corrected chi connectivity index (χ3v) is 3.81. The fraction of sp³-hybridized carbons (Fsp3) is 0.235. The molecule has 0 bridgehead atoms. The maximum atomic E-state index is 12.2. The van der Waals surface area contributed by atoms with E-state index in [1.165, 1.54) is 0 Å². The number of urea groups is 1. The number of aliphatic hydroxyl groups is 1. The highest BCUT2D eigenvalue weighted by atomic mass is 16.3. The van der Waals surface area contributed by atoms with Gasteiger partial charge < -0.3 is 15.7 Å². The van der Waals surface area contributed by atoms with Crippen LogP contribution in [0, 0.1) is 6.92 Å². The Kier molecular flexibility index (Phi) is 4.43. The Hall–Kier alpha value is -2.93. The van der Waals surface area contributed by atoms with Crippen LogP contribution in [0.4, 0.5) is 10.5 Å². The smallest absolute Gasteiger partial charge is 0.319 e. The molecule has 2 amide bonds. The lowest BCUT2D eigenvalue weighted by Crippen LogP contribution is -2.34. The minimum absolute atomic E-state index is 0.184. The molecule has 0 saturated carbocycles. The third kappa shape index (κ3) is 3.21. The van der Waals surface area contributed by atoms with Gasteiger partial charge in [-0.05, 0) is 18.6 Å². The highest BCUT2D eigenvalue weighted by Gasteiger charge is 2.14. The summed E-state index contributed by atoms with van der Waals surface area (Å²) in [7, 11) is 1.83. The van der Waals surface area contributed by atoms with Crippen LogP contribution >= 0.6 is 0 Å². The normalized spacial score (nSPS) is 12.1.